The summed E-state index contributed by atoms with van der Waals surface area (Å²) >= 11 is 1.19. The van der Waals surface area contributed by atoms with Gasteiger partial charge in [-0.25, -0.2) is 4.99 Å². The molecule has 0 unspecified atom stereocenters. The second kappa shape index (κ2) is 12.0. The number of non-ortho nitro benzene ring substituents is 1. The van der Waals surface area contributed by atoms with Gasteiger partial charge in [-0.05, 0) is 55.8 Å². The van der Waals surface area contributed by atoms with Gasteiger partial charge in [0.15, 0.2) is 4.80 Å². The third-order valence-corrected chi connectivity index (χ3v) is 8.03. The number of amides is 1. The molecule has 11 heteroatoms. The first kappa shape index (κ1) is 28.6. The van der Waals surface area contributed by atoms with E-state index in [4.69, 9.17) is 9.15 Å². The van der Waals surface area contributed by atoms with Gasteiger partial charge in [0, 0.05) is 29.5 Å². The number of ether oxygens (including phenoxy) is 1. The summed E-state index contributed by atoms with van der Waals surface area (Å²) in [6.45, 7) is 4.17. The number of nitro benzene ring substituents is 1. The highest BCUT2D eigenvalue weighted by atomic mass is 32.1. The highest BCUT2D eigenvalue weighted by Crippen LogP contribution is 2.32. The van der Waals surface area contributed by atoms with Crippen molar-refractivity contribution in [2.75, 3.05) is 11.9 Å². The number of allylic oxidation sites excluding steroid dienone is 1. The maximum atomic E-state index is 14.0. The number of rotatable bonds is 8. The van der Waals surface area contributed by atoms with Crippen molar-refractivity contribution in [1.29, 1.82) is 0 Å². The molecule has 3 heterocycles. The van der Waals surface area contributed by atoms with E-state index in [0.717, 1.165) is 5.56 Å². The average molecular weight is 607 g/mol. The van der Waals surface area contributed by atoms with Crippen molar-refractivity contribution in [1.82, 2.24) is 4.57 Å². The number of thiazole rings is 1. The van der Waals surface area contributed by atoms with Gasteiger partial charge in [-0.2, -0.15) is 0 Å². The van der Waals surface area contributed by atoms with E-state index in [-0.39, 0.29) is 17.2 Å². The molecule has 0 spiro atoms. The molecule has 0 fully saturated rings. The molecular formula is C33H26N4O6S. The minimum Gasteiger partial charge on any atom is -0.494 e. The molecule has 0 bridgehead atoms. The Morgan fingerprint density at radius 2 is 1.86 bits per heavy atom. The minimum absolute atomic E-state index is 0.0504. The summed E-state index contributed by atoms with van der Waals surface area (Å²) in [5.74, 6) is 1.14. The summed E-state index contributed by atoms with van der Waals surface area (Å²) in [6, 6.07) is 25.2. The zero-order chi connectivity index (χ0) is 30.8. The van der Waals surface area contributed by atoms with E-state index < -0.39 is 11.0 Å². The van der Waals surface area contributed by atoms with Gasteiger partial charge in [-0.3, -0.25) is 24.3 Å². The van der Waals surface area contributed by atoms with Crippen LogP contribution < -0.4 is 24.9 Å². The van der Waals surface area contributed by atoms with Crippen LogP contribution in [0.3, 0.4) is 0 Å². The Hall–Kier alpha value is -5.55. The third kappa shape index (κ3) is 5.60. The monoisotopic (exact) mass is 606 g/mol. The molecule has 1 N–H and O–H groups in total. The number of carbonyl (C=O) groups excluding carboxylic acids is 1. The second-order valence-electron chi connectivity index (χ2n) is 9.91. The van der Waals surface area contributed by atoms with Gasteiger partial charge in [-0.1, -0.05) is 53.8 Å². The van der Waals surface area contributed by atoms with Crippen molar-refractivity contribution in [3.05, 3.63) is 143 Å². The molecule has 3 aromatic carbocycles. The Morgan fingerprint density at radius 1 is 1.09 bits per heavy atom. The van der Waals surface area contributed by atoms with Crippen LogP contribution >= 0.6 is 11.3 Å². The van der Waals surface area contributed by atoms with Gasteiger partial charge in [0.1, 0.15) is 17.3 Å². The number of nitrogens with zero attached hydrogens (tertiary/aromatic N) is 3. The molecule has 0 saturated heterocycles. The zero-order valence-corrected chi connectivity index (χ0v) is 24.5. The molecule has 1 atom stereocenters. The molecule has 1 aliphatic rings. The lowest BCUT2D eigenvalue weighted by molar-refractivity contribution is -0.384. The second-order valence-corrected chi connectivity index (χ2v) is 10.9. The number of nitro groups is 1. The van der Waals surface area contributed by atoms with Crippen LogP contribution in [0.2, 0.25) is 0 Å². The number of benzene rings is 3. The third-order valence-electron chi connectivity index (χ3n) is 7.05. The molecule has 0 aliphatic carbocycles. The van der Waals surface area contributed by atoms with Gasteiger partial charge in [0.05, 0.1) is 33.4 Å². The van der Waals surface area contributed by atoms with Crippen LogP contribution in [0.1, 0.15) is 31.2 Å². The highest BCUT2D eigenvalue weighted by Gasteiger charge is 2.32. The summed E-state index contributed by atoms with van der Waals surface area (Å²) in [6.07, 6.45) is 1.61. The van der Waals surface area contributed by atoms with Gasteiger partial charge in [0.25, 0.3) is 17.2 Å². The van der Waals surface area contributed by atoms with Crippen molar-refractivity contribution in [3.63, 3.8) is 0 Å². The summed E-state index contributed by atoms with van der Waals surface area (Å²) in [5.41, 5.74) is 2.35. The predicted molar refractivity (Wildman–Crippen MR) is 167 cm³/mol. The van der Waals surface area contributed by atoms with Crippen LogP contribution in [0.25, 0.3) is 17.4 Å². The lowest BCUT2D eigenvalue weighted by Gasteiger charge is -2.25. The van der Waals surface area contributed by atoms with E-state index in [1.54, 1.807) is 49.4 Å². The Morgan fingerprint density at radius 3 is 2.59 bits per heavy atom. The lowest BCUT2D eigenvalue weighted by atomic mass is 9.95. The number of nitrogens with one attached hydrogen (secondary N) is 1. The fourth-order valence-corrected chi connectivity index (χ4v) is 6.07. The molecule has 0 radical (unpaired) electrons. The van der Waals surface area contributed by atoms with E-state index in [1.807, 2.05) is 49.4 Å². The maximum Gasteiger partial charge on any atom is 0.271 e. The topological polar surface area (TPSA) is 129 Å². The molecule has 0 saturated carbocycles. The summed E-state index contributed by atoms with van der Waals surface area (Å²) in [4.78, 5) is 43.6. The molecule has 5 aromatic rings. The summed E-state index contributed by atoms with van der Waals surface area (Å²) in [5, 5.41) is 14.2. The first-order valence-electron chi connectivity index (χ1n) is 13.8. The molecule has 10 nitrogen and oxygen atoms in total. The SMILES string of the molecule is CCOc1ccc([C@@H]2C(C(=O)Nc3ccccc3)=C(C)N=c3s/c(=C\c4ccc(-c5cccc([N+](=O)[O-])c5)o4)c(=O)n32)cc1. The van der Waals surface area contributed by atoms with Crippen molar-refractivity contribution in [3.8, 4) is 17.1 Å². The van der Waals surface area contributed by atoms with E-state index in [1.165, 1.54) is 28.0 Å². The van der Waals surface area contributed by atoms with Crippen molar-refractivity contribution in [2.45, 2.75) is 19.9 Å². The smallest absolute Gasteiger partial charge is 0.271 e. The van der Waals surface area contributed by atoms with Crippen molar-refractivity contribution >= 4 is 34.7 Å². The normalized spacial score (nSPS) is 14.6. The van der Waals surface area contributed by atoms with Crippen LogP contribution in [0, 0.1) is 10.1 Å². The number of hydrogen-bond acceptors (Lipinski definition) is 8. The maximum absolute atomic E-state index is 14.0. The molecule has 1 aliphatic heterocycles. The first-order chi connectivity index (χ1) is 21.3. The average Bonchev–Trinajstić information content (AvgIpc) is 3.61. The van der Waals surface area contributed by atoms with E-state index in [0.29, 0.717) is 55.7 Å². The molecule has 220 valence electrons. The van der Waals surface area contributed by atoms with Crippen LogP contribution in [-0.2, 0) is 4.79 Å². The molecule has 2 aromatic heterocycles. The number of anilines is 1. The minimum atomic E-state index is -0.746. The zero-order valence-electron chi connectivity index (χ0n) is 23.7. The summed E-state index contributed by atoms with van der Waals surface area (Å²) < 4.78 is 13.5. The fourth-order valence-electron chi connectivity index (χ4n) is 5.05. The molecule has 44 heavy (non-hydrogen) atoms. The Labute approximate surface area is 255 Å². The van der Waals surface area contributed by atoms with Crippen molar-refractivity contribution in [2.24, 2.45) is 4.99 Å². The largest absolute Gasteiger partial charge is 0.494 e. The van der Waals surface area contributed by atoms with Gasteiger partial charge < -0.3 is 14.5 Å². The lowest BCUT2D eigenvalue weighted by Crippen LogP contribution is -2.40. The predicted octanol–water partition coefficient (Wildman–Crippen LogP) is 5.44. The van der Waals surface area contributed by atoms with Gasteiger partial charge >= 0.3 is 0 Å². The van der Waals surface area contributed by atoms with E-state index >= 15 is 0 Å². The number of carbonyl (C=O) groups is 1. The van der Waals surface area contributed by atoms with Crippen molar-refractivity contribution < 1.29 is 18.9 Å². The Balaban J connectivity index is 1.43. The van der Waals surface area contributed by atoms with Gasteiger partial charge in [-0.15, -0.1) is 0 Å². The number of para-hydroxylation sites is 1. The van der Waals surface area contributed by atoms with E-state index in [2.05, 4.69) is 10.3 Å². The number of furan rings is 1. The van der Waals surface area contributed by atoms with E-state index in [9.17, 15) is 19.7 Å². The Kier molecular flexibility index (Phi) is 7.78. The quantitative estimate of drug-likeness (QED) is 0.185. The number of aromatic nitrogens is 1. The highest BCUT2D eigenvalue weighted by molar-refractivity contribution is 7.07. The Bertz CT molecular complexity index is 2090. The summed E-state index contributed by atoms with van der Waals surface area (Å²) in [7, 11) is 0. The van der Waals surface area contributed by atoms with Crippen LogP contribution in [0.4, 0.5) is 11.4 Å². The van der Waals surface area contributed by atoms with Gasteiger partial charge in [0.2, 0.25) is 0 Å². The standard InChI is InChI=1S/C33H26N4O6S/c1-3-42-25-14-12-21(13-15-25)30-29(31(38)35-23-9-5-4-6-10-23)20(2)34-33-36(30)32(39)28(44-33)19-26-16-17-27(43-26)22-8-7-11-24(18-22)37(40)41/h4-19,30H,3H2,1-2H3,(H,35,38)/b28-19-/t30-/m1/s1. The fraction of sp³-hybridized carbons (Fsp3) is 0.121. The van der Waals surface area contributed by atoms with Crippen LogP contribution in [0.5, 0.6) is 5.75 Å². The van der Waals surface area contributed by atoms with Crippen LogP contribution in [0.15, 0.2) is 116 Å². The number of hydrogen-bond donors (Lipinski definition) is 1. The first-order valence-corrected chi connectivity index (χ1v) is 14.6. The number of fused-ring (bicyclic) bond motifs is 1. The van der Waals surface area contributed by atoms with Crippen LogP contribution in [-0.4, -0.2) is 22.0 Å². The molecule has 1 amide bonds. The molecular weight excluding hydrogens is 580 g/mol. The molecule has 6 rings (SSSR count).